The first kappa shape index (κ1) is 26.1. The smallest absolute Gasteiger partial charge is 0.411 e. The fourth-order valence-electron chi connectivity index (χ4n) is 5.44. The molecule has 0 saturated carbocycles. The third kappa shape index (κ3) is 5.34. The summed E-state index contributed by atoms with van der Waals surface area (Å²) in [5.74, 6) is 1.21. The van der Waals surface area contributed by atoms with Gasteiger partial charge < -0.3 is 14.7 Å². The number of morpholine rings is 1. The number of halogens is 1. The topological polar surface area (TPSA) is 99.8 Å². The molecule has 4 heterocycles. The zero-order valence-electron chi connectivity index (χ0n) is 22.4. The lowest BCUT2D eigenvalue weighted by Gasteiger charge is -2.32. The molecule has 4 aromatic rings. The highest BCUT2D eigenvalue weighted by Gasteiger charge is 2.26. The van der Waals surface area contributed by atoms with Gasteiger partial charge in [0, 0.05) is 51.0 Å². The minimum absolute atomic E-state index is 0.203. The fourth-order valence-corrected chi connectivity index (χ4v) is 5.44. The summed E-state index contributed by atoms with van der Waals surface area (Å²) in [6.07, 6.45) is 2.72. The molecule has 2 aromatic heterocycles. The van der Waals surface area contributed by atoms with Crippen molar-refractivity contribution in [2.45, 2.75) is 25.4 Å². The predicted molar refractivity (Wildman–Crippen MR) is 150 cm³/mol. The van der Waals surface area contributed by atoms with Crippen LogP contribution in [0.1, 0.15) is 24.4 Å². The SMILES string of the molecule is CN(C(=O)O)c1ccc(-c2nc(N3CCOCC3)c3cnn(C4CCN(Cc5ccc(F)cc5)CC4)c3n2)cc1. The van der Waals surface area contributed by atoms with Crippen molar-refractivity contribution in [1.29, 1.82) is 0 Å². The van der Waals surface area contributed by atoms with Crippen LogP contribution < -0.4 is 9.80 Å². The molecule has 40 heavy (non-hydrogen) atoms. The van der Waals surface area contributed by atoms with Gasteiger partial charge in [0.15, 0.2) is 11.5 Å². The van der Waals surface area contributed by atoms with Gasteiger partial charge in [0.25, 0.3) is 0 Å². The van der Waals surface area contributed by atoms with Crippen molar-refractivity contribution in [3.8, 4) is 11.4 Å². The van der Waals surface area contributed by atoms with Crippen molar-refractivity contribution in [3.05, 3.63) is 66.1 Å². The fraction of sp³-hybridized carbons (Fsp3) is 0.379. The zero-order valence-corrected chi connectivity index (χ0v) is 22.4. The first-order valence-corrected chi connectivity index (χ1v) is 13.6. The van der Waals surface area contributed by atoms with Gasteiger partial charge in [-0.3, -0.25) is 9.80 Å². The van der Waals surface area contributed by atoms with Gasteiger partial charge in [-0.2, -0.15) is 5.10 Å². The van der Waals surface area contributed by atoms with E-state index < -0.39 is 6.09 Å². The monoisotopic (exact) mass is 545 g/mol. The Morgan fingerprint density at radius 2 is 1.73 bits per heavy atom. The Labute approximate surface area is 231 Å². The number of ether oxygens (including phenoxy) is 1. The lowest BCUT2D eigenvalue weighted by Crippen LogP contribution is -2.37. The number of aromatic nitrogens is 4. The standard InChI is InChI=1S/C29H32FN7O3/c1-34(29(38)39)23-8-4-21(5-9-23)26-32-27(36-14-16-40-17-15-36)25-18-31-37(28(25)33-26)24-10-12-35(13-11-24)19-20-2-6-22(30)7-3-20/h2-9,18,24H,10-17,19H2,1H3,(H,38,39). The summed E-state index contributed by atoms with van der Waals surface area (Å²) in [7, 11) is 1.51. The van der Waals surface area contributed by atoms with E-state index >= 15 is 0 Å². The lowest BCUT2D eigenvalue weighted by atomic mass is 10.0. The number of piperidine rings is 1. The van der Waals surface area contributed by atoms with E-state index in [0.717, 1.165) is 73.5 Å². The molecule has 0 aliphatic carbocycles. The van der Waals surface area contributed by atoms with E-state index in [-0.39, 0.29) is 11.9 Å². The molecule has 0 atom stereocenters. The van der Waals surface area contributed by atoms with Gasteiger partial charge >= 0.3 is 6.09 Å². The normalized spacial score (nSPS) is 16.9. The maximum atomic E-state index is 13.3. The number of hydrogen-bond acceptors (Lipinski definition) is 7. The molecule has 2 aromatic carbocycles. The minimum atomic E-state index is -1.02. The van der Waals surface area contributed by atoms with E-state index in [9.17, 15) is 14.3 Å². The molecule has 10 nitrogen and oxygen atoms in total. The second-order valence-electron chi connectivity index (χ2n) is 10.3. The van der Waals surface area contributed by atoms with Crippen LogP contribution >= 0.6 is 0 Å². The molecule has 2 saturated heterocycles. The Hall–Kier alpha value is -4.09. The van der Waals surface area contributed by atoms with Gasteiger partial charge in [-0.15, -0.1) is 0 Å². The van der Waals surface area contributed by atoms with E-state index in [1.807, 2.05) is 35.1 Å². The van der Waals surface area contributed by atoms with Crippen molar-refractivity contribution < 1.29 is 19.0 Å². The quantitative estimate of drug-likeness (QED) is 0.380. The molecule has 0 spiro atoms. The summed E-state index contributed by atoms with van der Waals surface area (Å²) in [5.41, 5.74) is 3.29. The second-order valence-corrected chi connectivity index (χ2v) is 10.3. The van der Waals surface area contributed by atoms with Gasteiger partial charge in [0.2, 0.25) is 0 Å². The van der Waals surface area contributed by atoms with Gasteiger partial charge in [0.05, 0.1) is 30.8 Å². The Kier molecular flexibility index (Phi) is 7.31. The van der Waals surface area contributed by atoms with Crippen LogP contribution in [0, 0.1) is 5.82 Å². The van der Waals surface area contributed by atoms with E-state index in [2.05, 4.69) is 9.80 Å². The molecular formula is C29H32FN7O3. The molecule has 0 unspecified atom stereocenters. The van der Waals surface area contributed by atoms with Crippen LogP contribution in [0.2, 0.25) is 0 Å². The maximum Gasteiger partial charge on any atom is 0.411 e. The molecular weight excluding hydrogens is 513 g/mol. The molecule has 0 bridgehead atoms. The Balaban J connectivity index is 1.29. The number of amides is 1. The molecule has 1 amide bonds. The van der Waals surface area contributed by atoms with E-state index in [1.165, 1.54) is 24.1 Å². The zero-order chi connectivity index (χ0) is 27.6. The van der Waals surface area contributed by atoms with Crippen molar-refractivity contribution >= 4 is 28.6 Å². The van der Waals surface area contributed by atoms with Crippen LogP contribution in [0.5, 0.6) is 0 Å². The average molecular weight is 546 g/mol. The number of hydrogen-bond donors (Lipinski definition) is 1. The number of benzene rings is 2. The van der Waals surface area contributed by atoms with E-state index in [0.29, 0.717) is 24.7 Å². The number of nitrogens with zero attached hydrogens (tertiary/aromatic N) is 7. The van der Waals surface area contributed by atoms with Crippen molar-refractivity contribution in [2.24, 2.45) is 0 Å². The van der Waals surface area contributed by atoms with Gasteiger partial charge in [0.1, 0.15) is 11.6 Å². The third-order valence-corrected chi connectivity index (χ3v) is 7.77. The van der Waals surface area contributed by atoms with Crippen LogP contribution in [0.4, 0.5) is 20.7 Å². The first-order valence-electron chi connectivity index (χ1n) is 13.6. The number of carbonyl (C=O) groups is 1. The lowest BCUT2D eigenvalue weighted by molar-refractivity contribution is 0.122. The van der Waals surface area contributed by atoms with Gasteiger partial charge in [-0.1, -0.05) is 12.1 Å². The minimum Gasteiger partial charge on any atom is -0.465 e. The second kappa shape index (κ2) is 11.2. The van der Waals surface area contributed by atoms with Crippen LogP contribution in [-0.4, -0.2) is 82.3 Å². The predicted octanol–water partition coefficient (Wildman–Crippen LogP) is 4.42. The highest BCUT2D eigenvalue weighted by atomic mass is 19.1. The third-order valence-electron chi connectivity index (χ3n) is 7.77. The summed E-state index contributed by atoms with van der Waals surface area (Å²) in [5, 5.41) is 15.0. The summed E-state index contributed by atoms with van der Waals surface area (Å²) in [6.45, 7) is 5.37. The Bertz CT molecular complexity index is 1480. The van der Waals surface area contributed by atoms with Crippen molar-refractivity contribution in [3.63, 3.8) is 0 Å². The molecule has 2 fully saturated rings. The van der Waals surface area contributed by atoms with Gasteiger partial charge in [-0.25, -0.2) is 23.8 Å². The Morgan fingerprint density at radius 1 is 1.02 bits per heavy atom. The van der Waals surface area contributed by atoms with E-state index in [1.54, 1.807) is 12.1 Å². The number of fused-ring (bicyclic) bond motifs is 1. The van der Waals surface area contributed by atoms with Gasteiger partial charge in [-0.05, 0) is 54.8 Å². The molecule has 6 rings (SSSR count). The van der Waals surface area contributed by atoms with Crippen LogP contribution in [0.3, 0.4) is 0 Å². The summed E-state index contributed by atoms with van der Waals surface area (Å²) in [6, 6.07) is 14.2. The molecule has 1 N–H and O–H groups in total. The average Bonchev–Trinajstić information content (AvgIpc) is 3.42. The van der Waals surface area contributed by atoms with E-state index in [4.69, 9.17) is 19.8 Å². The van der Waals surface area contributed by atoms with Crippen LogP contribution in [-0.2, 0) is 11.3 Å². The van der Waals surface area contributed by atoms with Crippen molar-refractivity contribution in [1.82, 2.24) is 24.6 Å². The molecule has 2 aliphatic heterocycles. The summed E-state index contributed by atoms with van der Waals surface area (Å²) < 4.78 is 20.9. The number of rotatable bonds is 6. The number of anilines is 2. The highest BCUT2D eigenvalue weighted by Crippen LogP contribution is 2.32. The number of likely N-dealkylation sites (tertiary alicyclic amines) is 1. The van der Waals surface area contributed by atoms with Crippen LogP contribution in [0.25, 0.3) is 22.4 Å². The largest absolute Gasteiger partial charge is 0.465 e. The number of carboxylic acid groups (broad SMARTS) is 1. The molecule has 2 aliphatic rings. The summed E-state index contributed by atoms with van der Waals surface area (Å²) in [4.78, 5) is 27.1. The Morgan fingerprint density at radius 3 is 2.40 bits per heavy atom. The molecule has 11 heteroatoms. The first-order chi connectivity index (χ1) is 19.5. The van der Waals surface area contributed by atoms with Crippen LogP contribution in [0.15, 0.2) is 54.7 Å². The molecule has 208 valence electrons. The maximum absolute atomic E-state index is 13.3. The van der Waals surface area contributed by atoms with Crippen molar-refractivity contribution in [2.75, 3.05) is 56.2 Å². The highest BCUT2D eigenvalue weighted by molar-refractivity contribution is 5.89. The summed E-state index contributed by atoms with van der Waals surface area (Å²) >= 11 is 0. The molecule has 0 radical (unpaired) electrons.